The maximum Gasteiger partial charge on any atom is 0.342 e. The number of amides is 9. The third-order valence-electron chi connectivity index (χ3n) is 16.3. The van der Waals surface area contributed by atoms with Crippen molar-refractivity contribution >= 4 is 60.8 Å². The van der Waals surface area contributed by atoms with Crippen molar-refractivity contribution in [2.45, 2.75) is 266 Å². The van der Waals surface area contributed by atoms with E-state index in [9.17, 15) is 98.6 Å². The molecule has 0 aromatic carbocycles. The molecule has 0 radical (unpaired) electrons. The number of hydrazine groups is 1. The van der Waals surface area contributed by atoms with Crippen LogP contribution in [0.2, 0.25) is 0 Å². The van der Waals surface area contributed by atoms with Crippen molar-refractivity contribution in [1.82, 2.24) is 53.5 Å². The van der Waals surface area contributed by atoms with Gasteiger partial charge in [-0.3, -0.25) is 53.1 Å². The van der Waals surface area contributed by atoms with Gasteiger partial charge in [-0.15, -0.1) is 5.59 Å². The van der Waals surface area contributed by atoms with E-state index >= 15 is 0 Å². The summed E-state index contributed by atoms with van der Waals surface area (Å²) in [6.07, 6.45) is -8.48. The van der Waals surface area contributed by atoms with Gasteiger partial charge >= 0.3 is 7.60 Å². The third-order valence-corrected chi connectivity index (χ3v) is 16.7. The smallest absolute Gasteiger partial charge is 0.342 e. The first-order valence-corrected chi connectivity index (χ1v) is 36.1. The molecule has 0 aromatic heterocycles. The largest absolute Gasteiger partial charge is 0.394 e. The molecule has 18 atom stereocenters. The van der Waals surface area contributed by atoms with Crippen LogP contribution >= 0.6 is 7.60 Å². The van der Waals surface area contributed by atoms with Crippen LogP contribution in [-0.4, -0.2) is 274 Å². The molecule has 0 aliphatic carbocycles. The number of ether oxygens (including phenoxy) is 6. The third kappa shape index (κ3) is 35.0. The van der Waals surface area contributed by atoms with E-state index in [1.165, 1.54) is 20.8 Å². The molecule has 0 aromatic rings. The van der Waals surface area contributed by atoms with Crippen molar-refractivity contribution in [3.05, 3.63) is 0 Å². The quantitative estimate of drug-likeness (QED) is 0.0154. The molecule has 3 aliphatic heterocycles. The fourth-order valence-electron chi connectivity index (χ4n) is 10.9. The molecule has 572 valence electrons. The zero-order valence-electron chi connectivity index (χ0n) is 57.1. The lowest BCUT2D eigenvalue weighted by molar-refractivity contribution is -0.270. The average Bonchev–Trinajstić information content (AvgIpc) is 0.824. The summed E-state index contributed by atoms with van der Waals surface area (Å²) in [4.78, 5) is 124. The molecule has 0 bridgehead atoms. The summed E-state index contributed by atoms with van der Waals surface area (Å²) in [5.74, 6) is -4.22. The maximum atomic E-state index is 14.3. The Balaban J connectivity index is 1.61. The van der Waals surface area contributed by atoms with Crippen LogP contribution in [0.25, 0.3) is 0 Å². The van der Waals surface area contributed by atoms with Gasteiger partial charge in [0.1, 0.15) is 85.1 Å². The fraction of sp³-hybridized carbons (Fsp3) is 0.852. The monoisotopic (exact) mass is 1450 g/mol. The van der Waals surface area contributed by atoms with E-state index in [1.54, 1.807) is 0 Å². The summed E-state index contributed by atoms with van der Waals surface area (Å²) in [6, 6.07) is -5.60. The minimum atomic E-state index is -3.90. The van der Waals surface area contributed by atoms with Crippen molar-refractivity contribution < 1.29 is 132 Å². The number of aliphatic hydroxyl groups is 9. The molecule has 0 saturated carbocycles. The van der Waals surface area contributed by atoms with Crippen LogP contribution in [0.4, 0.5) is 0 Å². The molecule has 3 fully saturated rings. The highest BCUT2D eigenvalue weighted by atomic mass is 31.2. The molecule has 37 nitrogen and oxygen atoms in total. The first kappa shape index (κ1) is 88.0. The van der Waals surface area contributed by atoms with Gasteiger partial charge in [0.15, 0.2) is 18.9 Å². The molecular weight excluding hydrogens is 1340 g/mol. The topological polar surface area (TPSA) is 558 Å². The molecule has 3 saturated heterocycles. The number of carbonyl (C=O) groups excluding carboxylic acids is 9. The fourth-order valence-corrected chi connectivity index (χ4v) is 11.2. The summed E-state index contributed by atoms with van der Waals surface area (Å²) in [5, 5.41) is 113. The van der Waals surface area contributed by atoms with Gasteiger partial charge < -0.3 is 122 Å². The Kier molecular flexibility index (Phi) is 43.2. The van der Waals surface area contributed by atoms with Crippen molar-refractivity contribution in [3.63, 3.8) is 0 Å². The lowest BCUT2D eigenvalue weighted by Crippen LogP contribution is -2.64. The summed E-state index contributed by atoms with van der Waals surface area (Å²) in [5.41, 5.74) is 4.07. The Bertz CT molecular complexity index is 2480. The molecule has 20 N–H and O–H groups in total. The first-order valence-electron chi connectivity index (χ1n) is 34.1. The summed E-state index contributed by atoms with van der Waals surface area (Å²) >= 11 is 0. The van der Waals surface area contributed by atoms with Crippen LogP contribution in [0.3, 0.4) is 0 Å². The van der Waals surface area contributed by atoms with E-state index in [4.69, 9.17) is 28.4 Å². The predicted octanol–water partition coefficient (Wildman–Crippen LogP) is -4.86. The van der Waals surface area contributed by atoms with E-state index in [2.05, 4.69) is 52.6 Å². The van der Waals surface area contributed by atoms with E-state index in [0.29, 0.717) is 103 Å². The van der Waals surface area contributed by atoms with Crippen molar-refractivity contribution in [2.24, 2.45) is 0 Å². The van der Waals surface area contributed by atoms with Crippen LogP contribution in [-0.2, 0) is 80.8 Å². The van der Waals surface area contributed by atoms with Crippen LogP contribution < -0.4 is 53.5 Å². The Labute approximate surface area is 576 Å². The molecule has 38 heteroatoms. The Hall–Kier alpha value is -5.26. The molecular formula is C61H111N10O27P. The highest BCUT2D eigenvalue weighted by Crippen LogP contribution is 2.34. The SMILES string of the molecule is CC(=O)NC1C(OCCCCCC(=O)NCCCCC(NC(=O)CCCCCOC2OC(CO)C(O)C(O)C2NC(C)=O)C(=O)NC(CCCCNC(=O)CCCCCOC2OC(CO)C(O)C(O)C2NC(C)=O)C(=O)NCCCCCC(=O)NNOP(C)(=O)O)OC(CO)C(O)C1O. The predicted molar refractivity (Wildman–Crippen MR) is 347 cm³/mol. The Morgan fingerprint density at radius 1 is 0.414 bits per heavy atom. The van der Waals surface area contributed by atoms with Crippen LogP contribution in [0.15, 0.2) is 0 Å². The van der Waals surface area contributed by atoms with E-state index < -0.39 is 173 Å². The van der Waals surface area contributed by atoms with Gasteiger partial charge in [-0.1, -0.05) is 25.7 Å². The molecule has 99 heavy (non-hydrogen) atoms. The van der Waals surface area contributed by atoms with Crippen molar-refractivity contribution in [3.8, 4) is 0 Å². The summed E-state index contributed by atoms with van der Waals surface area (Å²) in [6.45, 7) is 3.63. The van der Waals surface area contributed by atoms with E-state index in [0.717, 1.165) is 6.66 Å². The van der Waals surface area contributed by atoms with Gasteiger partial charge in [0.2, 0.25) is 53.2 Å². The maximum absolute atomic E-state index is 14.3. The van der Waals surface area contributed by atoms with Crippen molar-refractivity contribution in [2.75, 3.05) is 65.9 Å². The van der Waals surface area contributed by atoms with Gasteiger partial charge in [0.05, 0.1) is 19.8 Å². The normalized spacial score (nSPS) is 26.5. The molecule has 3 aliphatic rings. The molecule has 0 spiro atoms. The molecule has 9 amide bonds. The standard InChI is InChI=1S/C61H111N10O27P/c1-36(75)65-48-54(85)51(82)41(33-72)95-59(48)92-30-18-6-10-23-44(78)62-27-16-13-21-39(57(88)64-29-15-5-9-26-47(81)70-71-98-99(4,90)91)69-58(89)40(68-46(80)25-12-8-20-32-94-61-50(67-38(3)77)56(87)53(84)43(35-74)97-61)22-14-17-28-63-45(79)24-11-7-19-31-93-60-49(66-37(2)76)55(86)52(83)42(34-73)96-60/h39-43,48-56,59-61,71-74,82-87H,5-35H2,1-4H3,(H,62,78)(H,63,79)(H,64,88)(H,65,75)(H,66,76)(H,67,77)(H,68,80)(H,69,89)(H,70,81)(H,90,91). The summed E-state index contributed by atoms with van der Waals surface area (Å²) in [7, 11) is -3.90. The zero-order chi connectivity index (χ0) is 73.5. The second kappa shape index (κ2) is 48.6. The number of carbonyl (C=O) groups is 9. The van der Waals surface area contributed by atoms with Gasteiger partial charge in [0.25, 0.3) is 0 Å². The average molecular weight is 1450 g/mol. The van der Waals surface area contributed by atoms with Crippen molar-refractivity contribution in [1.29, 1.82) is 0 Å². The molecule has 3 rings (SSSR count). The first-order chi connectivity index (χ1) is 47.1. The van der Waals surface area contributed by atoms with E-state index in [1.807, 2.05) is 5.59 Å². The number of hydrogen-bond acceptors (Lipinski definition) is 27. The second-order valence-electron chi connectivity index (χ2n) is 24.9. The van der Waals surface area contributed by atoms with Crippen LogP contribution in [0, 0.1) is 0 Å². The minimum Gasteiger partial charge on any atom is -0.394 e. The number of rotatable bonds is 50. The Morgan fingerprint density at radius 3 is 1.11 bits per heavy atom. The highest BCUT2D eigenvalue weighted by Gasteiger charge is 2.48. The van der Waals surface area contributed by atoms with Gasteiger partial charge in [-0.25, -0.2) is 4.62 Å². The van der Waals surface area contributed by atoms with Crippen LogP contribution in [0.5, 0.6) is 0 Å². The lowest BCUT2D eigenvalue weighted by Gasteiger charge is -2.42. The van der Waals surface area contributed by atoms with E-state index in [-0.39, 0.29) is 89.8 Å². The zero-order valence-corrected chi connectivity index (χ0v) is 58.0. The molecule has 3 heterocycles. The van der Waals surface area contributed by atoms with Gasteiger partial charge in [0, 0.05) is 92.6 Å². The summed E-state index contributed by atoms with van der Waals surface area (Å²) < 4.78 is 49.8. The number of hydrogen-bond donors (Lipinski definition) is 20. The Morgan fingerprint density at radius 2 is 0.747 bits per heavy atom. The van der Waals surface area contributed by atoms with Crippen LogP contribution in [0.1, 0.15) is 162 Å². The lowest BCUT2D eigenvalue weighted by atomic mass is 9.97. The van der Waals surface area contributed by atoms with Gasteiger partial charge in [-0.05, 0) is 89.9 Å². The number of unbranched alkanes of at least 4 members (excludes halogenated alkanes) is 10. The highest BCUT2D eigenvalue weighted by molar-refractivity contribution is 7.51. The minimum absolute atomic E-state index is 0.0179. The van der Waals surface area contributed by atoms with Gasteiger partial charge in [-0.2, -0.15) is 0 Å². The number of nitrogens with one attached hydrogen (secondary N) is 10. The number of aliphatic hydroxyl groups excluding tert-OH is 9. The second-order valence-corrected chi connectivity index (χ2v) is 26.7. The molecule has 18 unspecified atom stereocenters.